The molecule has 0 bridgehead atoms. The van der Waals surface area contributed by atoms with Crippen molar-refractivity contribution in [2.75, 3.05) is 19.0 Å². The molecule has 3 aliphatic rings. The summed E-state index contributed by atoms with van der Waals surface area (Å²) < 4.78 is 56.0. The topological polar surface area (TPSA) is 106 Å². The van der Waals surface area contributed by atoms with Gasteiger partial charge in [-0.05, 0) is 72.5 Å². The number of carbonyl (C=O) groups excluding carboxylic acids is 1. The predicted molar refractivity (Wildman–Crippen MR) is 186 cm³/mol. The third-order valence-corrected chi connectivity index (χ3v) is 11.3. The van der Waals surface area contributed by atoms with Gasteiger partial charge in [-0.3, -0.25) is 9.78 Å². The highest BCUT2D eigenvalue weighted by atomic mass is 32.1. The molecule has 0 spiro atoms. The van der Waals surface area contributed by atoms with Crippen molar-refractivity contribution in [3.63, 3.8) is 0 Å². The Kier molecular flexibility index (Phi) is 7.57. The number of ether oxygens (including phenoxy) is 1. The second-order valence-corrected chi connectivity index (χ2v) is 14.2. The van der Waals surface area contributed by atoms with Gasteiger partial charge in [0.05, 0.1) is 46.4 Å². The molecule has 4 aromatic heterocycles. The summed E-state index contributed by atoms with van der Waals surface area (Å²) in [5.41, 5.74) is 5.27. The van der Waals surface area contributed by atoms with Crippen LogP contribution in [-0.2, 0) is 19.3 Å². The van der Waals surface area contributed by atoms with E-state index in [9.17, 15) is 13.6 Å². The van der Waals surface area contributed by atoms with Crippen molar-refractivity contribution in [3.05, 3.63) is 106 Å². The van der Waals surface area contributed by atoms with E-state index in [1.54, 1.807) is 31.3 Å². The summed E-state index contributed by atoms with van der Waals surface area (Å²) in [7, 11) is 1.38. The van der Waals surface area contributed by atoms with E-state index in [1.165, 1.54) is 36.6 Å². The average molecular weight is 709 g/mol. The SMILES string of the molecule is COc1c(F)ccc2c1C[C@@H](F)[C@@H]2Nc1nccc2cc(-c3c4c(nc(CCc5ccc(F)cc5)c3-c3nnc(C)o3)[C@H]3CCCN3C4=O)sc12. The molecule has 1 aliphatic carbocycles. The molecule has 1 saturated heterocycles. The van der Waals surface area contributed by atoms with Crippen molar-refractivity contribution in [2.24, 2.45) is 0 Å². The van der Waals surface area contributed by atoms with Crippen LogP contribution in [0.4, 0.5) is 19.0 Å². The molecule has 9 nitrogen and oxygen atoms in total. The number of aromatic nitrogens is 4. The lowest BCUT2D eigenvalue weighted by Crippen LogP contribution is -2.22. The first-order chi connectivity index (χ1) is 24.8. The van der Waals surface area contributed by atoms with Gasteiger partial charge in [-0.25, -0.2) is 18.2 Å². The van der Waals surface area contributed by atoms with Gasteiger partial charge in [0.15, 0.2) is 11.6 Å². The van der Waals surface area contributed by atoms with Gasteiger partial charge in [0, 0.05) is 42.1 Å². The number of nitrogens with zero attached hydrogens (tertiary/aromatic N) is 5. The fourth-order valence-electron chi connectivity index (χ4n) is 7.87. The highest BCUT2D eigenvalue weighted by molar-refractivity contribution is 7.23. The number of carbonyl (C=O) groups is 1. The fourth-order valence-corrected chi connectivity index (χ4v) is 9.04. The Labute approximate surface area is 294 Å². The Bertz CT molecular complexity index is 2360. The average Bonchev–Trinajstić information content (AvgIpc) is 3.96. The zero-order chi connectivity index (χ0) is 35.0. The van der Waals surface area contributed by atoms with Crippen molar-refractivity contribution in [1.29, 1.82) is 0 Å². The van der Waals surface area contributed by atoms with Crippen LogP contribution >= 0.6 is 11.3 Å². The molecular formula is C38H31F3N6O3S. The van der Waals surface area contributed by atoms with Crippen LogP contribution in [0.5, 0.6) is 5.75 Å². The number of benzene rings is 2. The van der Waals surface area contributed by atoms with Gasteiger partial charge in [0.1, 0.15) is 17.8 Å². The number of amides is 1. The van der Waals surface area contributed by atoms with Gasteiger partial charge < -0.3 is 19.4 Å². The number of halogens is 3. The van der Waals surface area contributed by atoms with Crippen LogP contribution in [0.3, 0.4) is 0 Å². The van der Waals surface area contributed by atoms with E-state index in [1.807, 2.05) is 17.0 Å². The molecule has 2 aliphatic heterocycles. The van der Waals surface area contributed by atoms with E-state index in [4.69, 9.17) is 14.1 Å². The number of hydrogen-bond donors (Lipinski definition) is 1. The van der Waals surface area contributed by atoms with Crippen LogP contribution in [0.25, 0.3) is 32.0 Å². The van der Waals surface area contributed by atoms with Gasteiger partial charge in [0.2, 0.25) is 11.8 Å². The number of fused-ring (bicyclic) bond motifs is 5. The van der Waals surface area contributed by atoms with Crippen LogP contribution in [0.2, 0.25) is 0 Å². The zero-order valence-electron chi connectivity index (χ0n) is 27.7. The molecule has 1 N–H and O–H groups in total. The molecule has 1 amide bonds. The van der Waals surface area contributed by atoms with Crippen LogP contribution in [0.1, 0.15) is 69.3 Å². The molecule has 2 aromatic carbocycles. The number of methoxy groups -OCH3 is 1. The van der Waals surface area contributed by atoms with Crippen LogP contribution < -0.4 is 10.1 Å². The second kappa shape index (κ2) is 12.2. The van der Waals surface area contributed by atoms with E-state index in [0.717, 1.165) is 39.1 Å². The Morgan fingerprint density at radius 1 is 1.06 bits per heavy atom. The lowest BCUT2D eigenvalue weighted by molar-refractivity contribution is 0.0776. The number of rotatable bonds is 8. The quantitative estimate of drug-likeness (QED) is 0.169. The molecular weight excluding hydrogens is 678 g/mol. The Hall–Kier alpha value is -5.30. The standard InChI is InChI=1S/C38H31F3N6O3S/c1-18-45-46-37(50-18)29-26(12-7-19-5-8-21(39)9-6-19)43-33-27-4-3-15-47(27)38(48)31(33)30(29)28-16-20-13-14-42-36(35(20)51-28)44-32-22-10-11-24(40)34(49-2)23(22)17-25(32)41/h5-6,8-11,13-14,16,25,27,32H,3-4,7,12,15,17H2,1-2H3,(H,42,44)/t25-,27-,32-/m1/s1. The van der Waals surface area contributed by atoms with E-state index < -0.39 is 18.0 Å². The number of hydrogen-bond acceptors (Lipinski definition) is 9. The third kappa shape index (κ3) is 5.16. The number of nitrogens with one attached hydrogen (secondary N) is 1. The summed E-state index contributed by atoms with van der Waals surface area (Å²) in [6.45, 7) is 2.36. The smallest absolute Gasteiger partial charge is 0.257 e. The molecule has 9 rings (SSSR count). The number of anilines is 1. The number of pyridine rings is 2. The van der Waals surface area contributed by atoms with Crippen molar-refractivity contribution in [2.45, 2.75) is 57.3 Å². The molecule has 0 saturated carbocycles. The van der Waals surface area contributed by atoms with Crippen molar-refractivity contribution >= 4 is 33.1 Å². The molecule has 0 unspecified atom stereocenters. The summed E-state index contributed by atoms with van der Waals surface area (Å²) in [6, 6.07) is 12.3. The third-order valence-electron chi connectivity index (χ3n) is 10.2. The first-order valence-corrected chi connectivity index (χ1v) is 17.7. The minimum Gasteiger partial charge on any atom is -0.493 e. The van der Waals surface area contributed by atoms with Crippen molar-refractivity contribution in [1.82, 2.24) is 25.1 Å². The molecule has 258 valence electrons. The van der Waals surface area contributed by atoms with Gasteiger partial charge in [-0.2, -0.15) is 0 Å². The highest BCUT2D eigenvalue weighted by Gasteiger charge is 2.45. The first-order valence-electron chi connectivity index (χ1n) is 16.9. The fraction of sp³-hybridized carbons (Fsp3) is 0.289. The Balaban J connectivity index is 1.20. The van der Waals surface area contributed by atoms with E-state index >= 15 is 4.39 Å². The molecule has 6 aromatic rings. The molecule has 1 fully saturated rings. The second-order valence-electron chi connectivity index (χ2n) is 13.2. The van der Waals surface area contributed by atoms with Gasteiger partial charge in [0.25, 0.3) is 5.91 Å². The summed E-state index contributed by atoms with van der Waals surface area (Å²) in [6.07, 6.45) is 3.09. The Morgan fingerprint density at radius 3 is 2.69 bits per heavy atom. The highest BCUT2D eigenvalue weighted by Crippen LogP contribution is 2.51. The minimum absolute atomic E-state index is 0.0101. The maximum Gasteiger partial charge on any atom is 0.257 e. The van der Waals surface area contributed by atoms with Crippen LogP contribution in [-0.4, -0.2) is 50.8 Å². The summed E-state index contributed by atoms with van der Waals surface area (Å²) in [5, 5.41) is 12.7. The number of alkyl halides is 1. The largest absolute Gasteiger partial charge is 0.493 e. The number of thiophene rings is 1. The van der Waals surface area contributed by atoms with Crippen LogP contribution in [0.15, 0.2) is 59.1 Å². The molecule has 0 radical (unpaired) electrons. The van der Waals surface area contributed by atoms with E-state index in [2.05, 4.69) is 20.5 Å². The minimum atomic E-state index is -1.34. The van der Waals surface area contributed by atoms with Gasteiger partial charge in [-0.1, -0.05) is 18.2 Å². The molecule has 3 atom stereocenters. The van der Waals surface area contributed by atoms with E-state index in [-0.39, 0.29) is 35.8 Å². The summed E-state index contributed by atoms with van der Waals surface area (Å²) in [5.74, 6) is 0.224. The van der Waals surface area contributed by atoms with Gasteiger partial charge in [-0.15, -0.1) is 21.5 Å². The summed E-state index contributed by atoms with van der Waals surface area (Å²) in [4.78, 5) is 26.7. The molecule has 51 heavy (non-hydrogen) atoms. The van der Waals surface area contributed by atoms with Crippen molar-refractivity contribution in [3.8, 4) is 27.6 Å². The maximum atomic E-state index is 15.6. The zero-order valence-corrected chi connectivity index (χ0v) is 28.5. The van der Waals surface area contributed by atoms with Crippen molar-refractivity contribution < 1.29 is 27.1 Å². The first kappa shape index (κ1) is 31.7. The lowest BCUT2D eigenvalue weighted by atomic mass is 9.93. The maximum absolute atomic E-state index is 15.6. The monoisotopic (exact) mass is 708 g/mol. The lowest BCUT2D eigenvalue weighted by Gasteiger charge is -2.18. The van der Waals surface area contributed by atoms with Crippen LogP contribution in [0, 0.1) is 18.6 Å². The van der Waals surface area contributed by atoms with E-state index in [0.29, 0.717) is 64.6 Å². The molecule has 13 heteroatoms. The predicted octanol–water partition coefficient (Wildman–Crippen LogP) is 8.13. The van der Waals surface area contributed by atoms with Gasteiger partial charge >= 0.3 is 0 Å². The number of aryl methyl sites for hydroxylation is 3. The Morgan fingerprint density at radius 2 is 1.90 bits per heavy atom. The summed E-state index contributed by atoms with van der Waals surface area (Å²) >= 11 is 1.43. The normalized spacial score (nSPS) is 19.1. The molecule has 6 heterocycles.